The molecule has 1 aromatic heterocycles. The molecule has 1 aromatic carbocycles. The normalized spacial score (nSPS) is 10.0. The predicted molar refractivity (Wildman–Crippen MR) is 54.1 cm³/mol. The van der Waals surface area contributed by atoms with Gasteiger partial charge in [0, 0.05) is 6.07 Å². The van der Waals surface area contributed by atoms with Crippen LogP contribution in [0.3, 0.4) is 0 Å². The van der Waals surface area contributed by atoms with E-state index >= 15 is 0 Å². The molecule has 0 saturated heterocycles. The van der Waals surface area contributed by atoms with Crippen molar-refractivity contribution in [2.75, 3.05) is 5.32 Å². The number of aromatic nitrogens is 3. The number of aromatic amines is 1. The summed E-state index contributed by atoms with van der Waals surface area (Å²) in [7, 11) is 0. The summed E-state index contributed by atoms with van der Waals surface area (Å²) in [5, 5.41) is 26.9. The molecule has 7 heteroatoms. The third-order valence-electron chi connectivity index (χ3n) is 1.87. The maximum absolute atomic E-state index is 11.6. The third-order valence-corrected chi connectivity index (χ3v) is 1.87. The molecule has 0 aliphatic rings. The monoisotopic (exact) mass is 220 g/mol. The van der Waals surface area contributed by atoms with Gasteiger partial charge in [-0.05, 0) is 12.1 Å². The van der Waals surface area contributed by atoms with Crippen molar-refractivity contribution < 1.29 is 15.0 Å². The number of hydrogen-bond donors (Lipinski definition) is 4. The Hall–Kier alpha value is -2.57. The lowest BCUT2D eigenvalue weighted by molar-refractivity contribution is 0.102. The first-order chi connectivity index (χ1) is 7.66. The zero-order valence-electron chi connectivity index (χ0n) is 8.01. The van der Waals surface area contributed by atoms with Crippen LogP contribution in [-0.2, 0) is 0 Å². The largest absolute Gasteiger partial charge is 0.508 e. The number of benzene rings is 1. The van der Waals surface area contributed by atoms with Gasteiger partial charge in [0.05, 0.1) is 5.56 Å². The quantitative estimate of drug-likeness (QED) is 0.587. The van der Waals surface area contributed by atoms with Gasteiger partial charge >= 0.3 is 0 Å². The molecule has 82 valence electrons. The smallest absolute Gasteiger partial charge is 0.261 e. The summed E-state index contributed by atoms with van der Waals surface area (Å²) in [5.74, 6) is -0.794. The van der Waals surface area contributed by atoms with Crippen molar-refractivity contribution in [3.05, 3.63) is 30.1 Å². The predicted octanol–water partition coefficient (Wildman–Crippen LogP) is 0.468. The number of amides is 1. The average molecular weight is 220 g/mol. The zero-order valence-corrected chi connectivity index (χ0v) is 8.01. The second-order valence-corrected chi connectivity index (χ2v) is 2.99. The van der Waals surface area contributed by atoms with Gasteiger partial charge in [-0.15, -0.1) is 0 Å². The van der Waals surface area contributed by atoms with Gasteiger partial charge in [-0.3, -0.25) is 10.1 Å². The van der Waals surface area contributed by atoms with Crippen molar-refractivity contribution in [2.45, 2.75) is 0 Å². The van der Waals surface area contributed by atoms with E-state index in [1.807, 2.05) is 0 Å². The Balaban J connectivity index is 2.21. The number of aromatic hydroxyl groups is 2. The Morgan fingerprint density at radius 3 is 2.81 bits per heavy atom. The molecule has 1 heterocycles. The summed E-state index contributed by atoms with van der Waals surface area (Å²) >= 11 is 0. The molecule has 0 unspecified atom stereocenters. The first-order valence-corrected chi connectivity index (χ1v) is 4.35. The molecule has 7 nitrogen and oxygen atoms in total. The summed E-state index contributed by atoms with van der Waals surface area (Å²) in [6.45, 7) is 0. The van der Waals surface area contributed by atoms with Crippen molar-refractivity contribution in [1.82, 2.24) is 15.2 Å². The van der Waals surface area contributed by atoms with Gasteiger partial charge in [0.25, 0.3) is 5.91 Å². The van der Waals surface area contributed by atoms with Crippen molar-refractivity contribution in [2.24, 2.45) is 0 Å². The molecule has 0 atom stereocenters. The van der Waals surface area contributed by atoms with E-state index in [1.165, 1.54) is 18.5 Å². The number of phenolic OH excluding ortho intramolecular Hbond substituents is 2. The lowest BCUT2D eigenvalue weighted by Crippen LogP contribution is -2.13. The average Bonchev–Trinajstić information content (AvgIpc) is 2.70. The van der Waals surface area contributed by atoms with Crippen molar-refractivity contribution in [1.29, 1.82) is 0 Å². The van der Waals surface area contributed by atoms with E-state index < -0.39 is 5.91 Å². The van der Waals surface area contributed by atoms with Gasteiger partial charge in [-0.2, -0.15) is 10.1 Å². The Bertz CT molecular complexity index is 509. The molecule has 2 aromatic rings. The van der Waals surface area contributed by atoms with Gasteiger partial charge < -0.3 is 10.2 Å². The van der Waals surface area contributed by atoms with E-state index in [1.54, 1.807) is 0 Å². The van der Waals surface area contributed by atoms with Crippen LogP contribution in [0.4, 0.5) is 5.95 Å². The lowest BCUT2D eigenvalue weighted by atomic mass is 10.2. The van der Waals surface area contributed by atoms with E-state index in [2.05, 4.69) is 20.5 Å². The van der Waals surface area contributed by atoms with Crippen LogP contribution in [0.5, 0.6) is 11.5 Å². The molecule has 16 heavy (non-hydrogen) atoms. The number of nitrogens with zero attached hydrogens (tertiary/aromatic N) is 2. The minimum atomic E-state index is -0.547. The van der Waals surface area contributed by atoms with Gasteiger partial charge in [-0.25, -0.2) is 5.10 Å². The summed E-state index contributed by atoms with van der Waals surface area (Å²) in [4.78, 5) is 15.3. The fourth-order valence-corrected chi connectivity index (χ4v) is 1.15. The summed E-state index contributed by atoms with van der Waals surface area (Å²) in [5.41, 5.74) is 0.0363. The van der Waals surface area contributed by atoms with Crippen LogP contribution in [-0.4, -0.2) is 31.3 Å². The molecule has 0 aliphatic carbocycles. The highest BCUT2D eigenvalue weighted by Gasteiger charge is 2.12. The van der Waals surface area contributed by atoms with Gasteiger partial charge in [-0.1, -0.05) is 0 Å². The molecular weight excluding hydrogens is 212 g/mol. The summed E-state index contributed by atoms with van der Waals surface area (Å²) in [6, 6.07) is 3.68. The molecule has 0 aliphatic heterocycles. The Kier molecular flexibility index (Phi) is 2.42. The third kappa shape index (κ3) is 1.92. The lowest BCUT2D eigenvalue weighted by Gasteiger charge is -2.04. The molecular formula is C9H8N4O3. The molecule has 2 rings (SSSR count). The van der Waals surface area contributed by atoms with E-state index in [-0.39, 0.29) is 23.0 Å². The number of nitrogens with one attached hydrogen (secondary N) is 2. The number of phenols is 2. The summed E-state index contributed by atoms with van der Waals surface area (Å²) in [6.07, 6.45) is 1.24. The van der Waals surface area contributed by atoms with Crippen LogP contribution in [0.15, 0.2) is 24.5 Å². The highest BCUT2D eigenvalue weighted by atomic mass is 16.3. The molecule has 0 radical (unpaired) electrons. The van der Waals surface area contributed by atoms with Crippen molar-refractivity contribution in [3.8, 4) is 11.5 Å². The molecule has 1 amide bonds. The minimum Gasteiger partial charge on any atom is -0.508 e. The molecule has 4 N–H and O–H groups in total. The molecule has 0 bridgehead atoms. The number of H-pyrrole nitrogens is 1. The first-order valence-electron chi connectivity index (χ1n) is 4.35. The van der Waals surface area contributed by atoms with Crippen LogP contribution >= 0.6 is 0 Å². The van der Waals surface area contributed by atoms with Gasteiger partial charge in [0.2, 0.25) is 5.95 Å². The number of carbonyl (C=O) groups excluding carboxylic acids is 1. The van der Waals surface area contributed by atoms with E-state index in [4.69, 9.17) is 5.11 Å². The molecule has 0 spiro atoms. The number of hydrogen-bond acceptors (Lipinski definition) is 5. The Morgan fingerprint density at radius 1 is 1.38 bits per heavy atom. The van der Waals surface area contributed by atoms with Crippen LogP contribution < -0.4 is 5.32 Å². The van der Waals surface area contributed by atoms with Crippen LogP contribution in [0.2, 0.25) is 0 Å². The topological polar surface area (TPSA) is 111 Å². The second kappa shape index (κ2) is 3.89. The Morgan fingerprint density at radius 2 is 2.19 bits per heavy atom. The van der Waals surface area contributed by atoms with Crippen LogP contribution in [0, 0.1) is 0 Å². The maximum atomic E-state index is 11.6. The van der Waals surface area contributed by atoms with Crippen LogP contribution in [0.25, 0.3) is 0 Å². The SMILES string of the molecule is O=C(Nc1ncn[nH]1)c1ccc(O)cc1O. The van der Waals surface area contributed by atoms with Gasteiger partial charge in [0.15, 0.2) is 0 Å². The standard InChI is InChI=1S/C9H8N4O3/c14-5-1-2-6(7(15)3-5)8(16)12-9-10-4-11-13-9/h1-4,14-15H,(H2,10,11,12,13,16). The number of rotatable bonds is 2. The fourth-order valence-electron chi connectivity index (χ4n) is 1.15. The Labute approximate surface area is 89.8 Å². The zero-order chi connectivity index (χ0) is 11.5. The van der Waals surface area contributed by atoms with E-state index in [0.29, 0.717) is 0 Å². The fraction of sp³-hybridized carbons (Fsp3) is 0. The van der Waals surface area contributed by atoms with Crippen molar-refractivity contribution in [3.63, 3.8) is 0 Å². The van der Waals surface area contributed by atoms with Crippen molar-refractivity contribution >= 4 is 11.9 Å². The highest BCUT2D eigenvalue weighted by Crippen LogP contribution is 2.22. The number of anilines is 1. The highest BCUT2D eigenvalue weighted by molar-refractivity contribution is 6.05. The molecule has 0 saturated carbocycles. The van der Waals surface area contributed by atoms with E-state index in [0.717, 1.165) is 6.07 Å². The van der Waals surface area contributed by atoms with Gasteiger partial charge in [0.1, 0.15) is 17.8 Å². The first kappa shape index (κ1) is 9.97. The van der Waals surface area contributed by atoms with Crippen LogP contribution in [0.1, 0.15) is 10.4 Å². The number of carbonyl (C=O) groups is 1. The summed E-state index contributed by atoms with van der Waals surface area (Å²) < 4.78 is 0. The van der Waals surface area contributed by atoms with E-state index in [9.17, 15) is 9.90 Å². The maximum Gasteiger partial charge on any atom is 0.261 e. The molecule has 0 fully saturated rings. The second-order valence-electron chi connectivity index (χ2n) is 2.99. The minimum absolute atomic E-state index is 0.0363.